The Morgan fingerprint density at radius 3 is 2.78 bits per heavy atom. The van der Waals surface area contributed by atoms with Crippen LogP contribution in [0.3, 0.4) is 0 Å². The van der Waals surface area contributed by atoms with Gasteiger partial charge in [0.15, 0.2) is 0 Å². The first-order valence-corrected chi connectivity index (χ1v) is 5.92. The molecule has 1 aromatic carbocycles. The largest absolute Gasteiger partial charge is 0.305 e. The van der Waals surface area contributed by atoms with Crippen molar-refractivity contribution in [1.82, 2.24) is 9.38 Å². The molecule has 0 saturated carbocycles. The van der Waals surface area contributed by atoms with Crippen LogP contribution < -0.4 is 0 Å². The van der Waals surface area contributed by atoms with Crippen molar-refractivity contribution in [2.75, 3.05) is 0 Å². The van der Waals surface area contributed by atoms with Crippen LogP contribution in [0.5, 0.6) is 0 Å². The average Bonchev–Trinajstić information content (AvgIpc) is 2.75. The van der Waals surface area contributed by atoms with Gasteiger partial charge < -0.3 is 4.40 Å². The third-order valence-corrected chi connectivity index (χ3v) is 3.09. The van der Waals surface area contributed by atoms with Gasteiger partial charge in [0.1, 0.15) is 11.5 Å². The van der Waals surface area contributed by atoms with Crippen LogP contribution in [0.2, 0.25) is 5.02 Å². The van der Waals surface area contributed by atoms with Crippen molar-refractivity contribution in [2.45, 2.75) is 6.92 Å². The van der Waals surface area contributed by atoms with Crippen LogP contribution in [0.15, 0.2) is 42.7 Å². The third-order valence-electron chi connectivity index (χ3n) is 2.87. The fraction of sp³-hybridized carbons (Fsp3) is 0.0714. The summed E-state index contributed by atoms with van der Waals surface area (Å²) in [5.41, 5.74) is 3.13. The topological polar surface area (TPSA) is 17.3 Å². The molecule has 4 heteroatoms. The maximum absolute atomic E-state index is 13.2. The summed E-state index contributed by atoms with van der Waals surface area (Å²) in [6.07, 6.45) is 3.68. The van der Waals surface area contributed by atoms with Crippen molar-refractivity contribution < 1.29 is 4.39 Å². The van der Waals surface area contributed by atoms with Gasteiger partial charge in [-0.1, -0.05) is 11.6 Å². The Morgan fingerprint density at radius 2 is 2.00 bits per heavy atom. The minimum absolute atomic E-state index is 0.203. The van der Waals surface area contributed by atoms with Crippen molar-refractivity contribution in [2.24, 2.45) is 0 Å². The first-order chi connectivity index (χ1) is 8.63. The predicted octanol–water partition coefficient (Wildman–Crippen LogP) is 4.10. The van der Waals surface area contributed by atoms with Gasteiger partial charge in [0.25, 0.3) is 0 Å². The van der Waals surface area contributed by atoms with Gasteiger partial charge >= 0.3 is 0 Å². The summed E-state index contributed by atoms with van der Waals surface area (Å²) in [6.45, 7) is 1.74. The molecule has 0 atom stereocenters. The van der Waals surface area contributed by atoms with E-state index < -0.39 is 0 Å². The van der Waals surface area contributed by atoms with Crippen LogP contribution in [0, 0.1) is 12.7 Å². The lowest BCUT2D eigenvalue weighted by Gasteiger charge is -1.99. The monoisotopic (exact) mass is 260 g/mol. The molecule has 2 heterocycles. The van der Waals surface area contributed by atoms with Crippen molar-refractivity contribution in [3.05, 3.63) is 59.1 Å². The highest BCUT2D eigenvalue weighted by atomic mass is 35.5. The summed E-state index contributed by atoms with van der Waals surface area (Å²) in [4.78, 5) is 4.48. The van der Waals surface area contributed by atoms with Crippen molar-refractivity contribution in [3.63, 3.8) is 0 Å². The van der Waals surface area contributed by atoms with E-state index >= 15 is 0 Å². The van der Waals surface area contributed by atoms with E-state index in [4.69, 9.17) is 11.6 Å². The number of pyridine rings is 1. The number of benzene rings is 1. The van der Waals surface area contributed by atoms with E-state index in [0.717, 1.165) is 16.9 Å². The lowest BCUT2D eigenvalue weighted by Crippen LogP contribution is -1.84. The Labute approximate surface area is 109 Å². The second kappa shape index (κ2) is 4.10. The lowest BCUT2D eigenvalue weighted by atomic mass is 10.1. The fourth-order valence-electron chi connectivity index (χ4n) is 1.91. The Bertz CT molecular complexity index is 734. The molecular weight excluding hydrogens is 251 g/mol. The fourth-order valence-corrected chi connectivity index (χ4v) is 2.08. The van der Waals surface area contributed by atoms with E-state index in [9.17, 15) is 4.39 Å². The molecule has 0 radical (unpaired) electrons. The lowest BCUT2D eigenvalue weighted by molar-refractivity contribution is 0.619. The summed E-state index contributed by atoms with van der Waals surface area (Å²) < 4.78 is 15.1. The van der Waals surface area contributed by atoms with Gasteiger partial charge in [0, 0.05) is 18.0 Å². The molecule has 3 rings (SSSR count). The highest BCUT2D eigenvalue weighted by Gasteiger charge is 2.06. The molecule has 0 unspecified atom stereocenters. The molecule has 18 heavy (non-hydrogen) atoms. The van der Waals surface area contributed by atoms with E-state index in [1.54, 1.807) is 31.3 Å². The molecule has 90 valence electrons. The van der Waals surface area contributed by atoms with Gasteiger partial charge in [0.2, 0.25) is 0 Å². The molecule has 2 aromatic heterocycles. The van der Waals surface area contributed by atoms with Gasteiger partial charge in [-0.15, -0.1) is 0 Å². The van der Waals surface area contributed by atoms with Crippen LogP contribution in [-0.4, -0.2) is 9.38 Å². The zero-order valence-electron chi connectivity index (χ0n) is 9.69. The first-order valence-electron chi connectivity index (χ1n) is 5.54. The van der Waals surface area contributed by atoms with Gasteiger partial charge in [-0.05, 0) is 42.8 Å². The molecule has 0 aliphatic rings. The second-order valence-electron chi connectivity index (χ2n) is 4.20. The van der Waals surface area contributed by atoms with Crippen LogP contribution in [-0.2, 0) is 0 Å². The zero-order chi connectivity index (χ0) is 12.7. The molecule has 0 N–H and O–H groups in total. The number of fused-ring (bicyclic) bond motifs is 1. The normalized spacial score (nSPS) is 11.1. The number of imidazole rings is 1. The molecule has 3 aromatic rings. The first kappa shape index (κ1) is 11.2. The Morgan fingerprint density at radius 1 is 1.17 bits per heavy atom. The van der Waals surface area contributed by atoms with E-state index in [0.29, 0.717) is 10.6 Å². The summed E-state index contributed by atoms with van der Waals surface area (Å²) in [5, 5.41) is 0.654. The maximum atomic E-state index is 13.2. The number of aromatic nitrogens is 2. The number of hydrogen-bond acceptors (Lipinski definition) is 1. The smallest absolute Gasteiger partial charge is 0.137 e. The van der Waals surface area contributed by atoms with Crippen molar-refractivity contribution in [3.8, 4) is 11.3 Å². The molecular formula is C14H10ClFN2. The summed E-state index contributed by atoms with van der Waals surface area (Å²) >= 11 is 5.92. The Kier molecular flexibility index (Phi) is 2.56. The standard InChI is InChI=1S/C14H10ClFN2/c1-9-6-10(2-4-12(9)16)13-8-18-7-11(15)3-5-14(18)17-13/h2-8H,1H3. The van der Waals surface area contributed by atoms with Crippen LogP contribution in [0.1, 0.15) is 5.56 Å². The minimum Gasteiger partial charge on any atom is -0.305 e. The highest BCUT2D eigenvalue weighted by molar-refractivity contribution is 6.30. The summed E-state index contributed by atoms with van der Waals surface area (Å²) in [5.74, 6) is -0.203. The van der Waals surface area contributed by atoms with Gasteiger partial charge in [-0.3, -0.25) is 0 Å². The number of halogens is 2. The zero-order valence-corrected chi connectivity index (χ0v) is 10.4. The molecule has 0 saturated heterocycles. The van der Waals surface area contributed by atoms with Crippen molar-refractivity contribution >= 4 is 17.2 Å². The van der Waals surface area contributed by atoms with Crippen molar-refractivity contribution in [1.29, 1.82) is 0 Å². The molecule has 0 aliphatic heterocycles. The second-order valence-corrected chi connectivity index (χ2v) is 4.64. The Balaban J connectivity index is 2.16. The van der Waals surface area contributed by atoms with Crippen LogP contribution in [0.4, 0.5) is 4.39 Å². The Hall–Kier alpha value is -1.87. The molecule has 0 spiro atoms. The van der Waals surface area contributed by atoms with Gasteiger partial charge in [0.05, 0.1) is 10.7 Å². The average molecular weight is 261 g/mol. The third kappa shape index (κ3) is 1.87. The summed E-state index contributed by atoms with van der Waals surface area (Å²) in [7, 11) is 0. The quantitative estimate of drug-likeness (QED) is 0.644. The minimum atomic E-state index is -0.203. The maximum Gasteiger partial charge on any atom is 0.137 e. The SMILES string of the molecule is Cc1cc(-c2cn3cc(Cl)ccc3n2)ccc1F. The highest BCUT2D eigenvalue weighted by Crippen LogP contribution is 2.22. The summed E-state index contributed by atoms with van der Waals surface area (Å²) in [6, 6.07) is 8.62. The number of rotatable bonds is 1. The van der Waals surface area contributed by atoms with E-state index in [1.165, 1.54) is 6.07 Å². The number of hydrogen-bond donors (Lipinski definition) is 0. The van der Waals surface area contributed by atoms with Crippen LogP contribution in [0.25, 0.3) is 16.9 Å². The molecule has 0 fully saturated rings. The molecule has 0 aliphatic carbocycles. The van der Waals surface area contributed by atoms with Gasteiger partial charge in [-0.25, -0.2) is 9.37 Å². The predicted molar refractivity (Wildman–Crippen MR) is 70.3 cm³/mol. The molecule has 0 amide bonds. The number of aryl methyl sites for hydroxylation is 1. The number of nitrogens with zero attached hydrogens (tertiary/aromatic N) is 2. The van der Waals surface area contributed by atoms with E-state index in [2.05, 4.69) is 4.98 Å². The molecule has 2 nitrogen and oxygen atoms in total. The van der Waals surface area contributed by atoms with Gasteiger partial charge in [-0.2, -0.15) is 0 Å². The van der Waals surface area contributed by atoms with E-state index in [1.807, 2.05) is 16.7 Å². The molecule has 0 bridgehead atoms. The van der Waals surface area contributed by atoms with E-state index in [-0.39, 0.29) is 5.82 Å². The van der Waals surface area contributed by atoms with Crippen LogP contribution >= 0.6 is 11.6 Å².